The monoisotopic (exact) mass is 176 g/mol. The van der Waals surface area contributed by atoms with E-state index in [4.69, 9.17) is 15.3 Å². The molecular formula is C9H8N2O2. The Labute approximate surface area is 74.6 Å². The second kappa shape index (κ2) is 2.82. The van der Waals surface area contributed by atoms with E-state index in [1.807, 2.05) is 0 Å². The molecule has 4 nitrogen and oxygen atoms in total. The van der Waals surface area contributed by atoms with Crippen LogP contribution in [0.1, 0.15) is 0 Å². The van der Waals surface area contributed by atoms with Crippen LogP contribution in [0.3, 0.4) is 0 Å². The van der Waals surface area contributed by atoms with Gasteiger partial charge in [-0.05, 0) is 24.3 Å². The molecule has 0 atom stereocenters. The zero-order chi connectivity index (χ0) is 9.26. The van der Waals surface area contributed by atoms with Crippen LogP contribution >= 0.6 is 0 Å². The standard InChI is InChI=1S/C9H8N2O2/c10-9-11-5-8(13-9)6-1-3-7(12)4-2-6/h1-5,12H,(H2,10,11). The molecule has 2 rings (SSSR count). The highest BCUT2D eigenvalue weighted by molar-refractivity contribution is 5.58. The highest BCUT2D eigenvalue weighted by atomic mass is 16.4. The van der Waals surface area contributed by atoms with Crippen molar-refractivity contribution in [3.8, 4) is 17.1 Å². The van der Waals surface area contributed by atoms with Crippen LogP contribution in [0, 0.1) is 0 Å². The second-order valence-electron chi connectivity index (χ2n) is 2.61. The fourth-order valence-electron chi connectivity index (χ4n) is 1.05. The minimum absolute atomic E-state index is 0.142. The van der Waals surface area contributed by atoms with E-state index in [1.165, 1.54) is 0 Å². The van der Waals surface area contributed by atoms with Gasteiger partial charge >= 0.3 is 0 Å². The topological polar surface area (TPSA) is 72.3 Å². The van der Waals surface area contributed by atoms with Crippen LogP contribution in [-0.4, -0.2) is 10.1 Å². The van der Waals surface area contributed by atoms with Gasteiger partial charge in [0, 0.05) is 5.56 Å². The lowest BCUT2D eigenvalue weighted by molar-refractivity contribution is 0.475. The molecule has 13 heavy (non-hydrogen) atoms. The van der Waals surface area contributed by atoms with Gasteiger partial charge in [0.2, 0.25) is 0 Å². The van der Waals surface area contributed by atoms with Crippen LogP contribution in [0.5, 0.6) is 5.75 Å². The minimum Gasteiger partial charge on any atom is -0.508 e. The molecule has 0 unspecified atom stereocenters. The molecule has 0 aliphatic heterocycles. The summed E-state index contributed by atoms with van der Waals surface area (Å²) in [6.07, 6.45) is 1.54. The van der Waals surface area contributed by atoms with E-state index in [-0.39, 0.29) is 11.8 Å². The van der Waals surface area contributed by atoms with Gasteiger partial charge < -0.3 is 15.3 Å². The van der Waals surface area contributed by atoms with Gasteiger partial charge in [-0.15, -0.1) is 0 Å². The summed E-state index contributed by atoms with van der Waals surface area (Å²) in [7, 11) is 0. The maximum Gasteiger partial charge on any atom is 0.292 e. The minimum atomic E-state index is 0.142. The summed E-state index contributed by atoms with van der Waals surface area (Å²) in [5.41, 5.74) is 6.15. The third-order valence-electron chi connectivity index (χ3n) is 1.68. The van der Waals surface area contributed by atoms with E-state index in [9.17, 15) is 0 Å². The van der Waals surface area contributed by atoms with Gasteiger partial charge in [0.05, 0.1) is 6.20 Å². The first-order valence-corrected chi connectivity index (χ1v) is 3.76. The maximum atomic E-state index is 9.04. The fraction of sp³-hybridized carbons (Fsp3) is 0. The number of hydrogen-bond acceptors (Lipinski definition) is 4. The molecule has 0 aliphatic carbocycles. The molecule has 0 saturated carbocycles. The first kappa shape index (κ1) is 7.67. The summed E-state index contributed by atoms with van der Waals surface area (Å²) >= 11 is 0. The Morgan fingerprint density at radius 1 is 1.23 bits per heavy atom. The molecule has 2 aromatic rings. The lowest BCUT2D eigenvalue weighted by Gasteiger charge is -1.95. The molecule has 0 saturated heterocycles. The van der Waals surface area contributed by atoms with E-state index in [2.05, 4.69) is 4.98 Å². The third kappa shape index (κ3) is 1.46. The zero-order valence-corrected chi connectivity index (χ0v) is 6.77. The van der Waals surface area contributed by atoms with E-state index >= 15 is 0 Å². The average Bonchev–Trinajstić information content (AvgIpc) is 2.53. The molecule has 4 heteroatoms. The normalized spacial score (nSPS) is 10.2. The summed E-state index contributed by atoms with van der Waals surface area (Å²) in [6, 6.07) is 6.76. The van der Waals surface area contributed by atoms with Gasteiger partial charge in [-0.25, -0.2) is 4.98 Å². The molecule has 3 N–H and O–H groups in total. The van der Waals surface area contributed by atoms with Gasteiger partial charge in [-0.3, -0.25) is 0 Å². The Balaban J connectivity index is 2.41. The van der Waals surface area contributed by atoms with Gasteiger partial charge in [0.1, 0.15) is 5.75 Å². The summed E-state index contributed by atoms with van der Waals surface area (Å²) in [5.74, 6) is 0.814. The zero-order valence-electron chi connectivity index (χ0n) is 6.77. The van der Waals surface area contributed by atoms with Crippen molar-refractivity contribution in [2.75, 3.05) is 5.73 Å². The van der Waals surface area contributed by atoms with Crippen LogP contribution in [0.25, 0.3) is 11.3 Å². The summed E-state index contributed by atoms with van der Waals surface area (Å²) in [5, 5.41) is 9.04. The Morgan fingerprint density at radius 3 is 2.46 bits per heavy atom. The molecule has 0 fully saturated rings. The van der Waals surface area contributed by atoms with Gasteiger partial charge in [-0.2, -0.15) is 0 Å². The van der Waals surface area contributed by atoms with Crippen molar-refractivity contribution in [1.29, 1.82) is 0 Å². The van der Waals surface area contributed by atoms with Crippen molar-refractivity contribution in [2.24, 2.45) is 0 Å². The number of benzene rings is 1. The Bertz CT molecular complexity index is 406. The summed E-state index contributed by atoms with van der Waals surface area (Å²) in [6.45, 7) is 0. The number of nitrogens with two attached hydrogens (primary N) is 1. The number of rotatable bonds is 1. The fourth-order valence-corrected chi connectivity index (χ4v) is 1.05. The van der Waals surface area contributed by atoms with E-state index < -0.39 is 0 Å². The van der Waals surface area contributed by atoms with E-state index in [1.54, 1.807) is 30.5 Å². The number of anilines is 1. The molecule has 1 heterocycles. The first-order chi connectivity index (χ1) is 6.25. The smallest absolute Gasteiger partial charge is 0.292 e. The molecule has 66 valence electrons. The predicted molar refractivity (Wildman–Crippen MR) is 48.0 cm³/mol. The largest absolute Gasteiger partial charge is 0.508 e. The number of oxazole rings is 1. The lowest BCUT2D eigenvalue weighted by atomic mass is 10.2. The molecule has 0 bridgehead atoms. The van der Waals surface area contributed by atoms with Crippen LogP contribution in [0.2, 0.25) is 0 Å². The highest BCUT2D eigenvalue weighted by Crippen LogP contribution is 2.22. The van der Waals surface area contributed by atoms with Crippen LogP contribution in [0.4, 0.5) is 6.01 Å². The maximum absolute atomic E-state index is 9.04. The summed E-state index contributed by atoms with van der Waals surface area (Å²) in [4.78, 5) is 3.76. The number of nitrogens with zero attached hydrogens (tertiary/aromatic N) is 1. The Hall–Kier alpha value is -1.97. The number of nitrogen functional groups attached to an aromatic ring is 1. The number of hydrogen-bond donors (Lipinski definition) is 2. The van der Waals surface area contributed by atoms with Crippen LogP contribution in [0.15, 0.2) is 34.9 Å². The Kier molecular flexibility index (Phi) is 1.66. The van der Waals surface area contributed by atoms with Crippen molar-refractivity contribution >= 4 is 6.01 Å². The third-order valence-corrected chi connectivity index (χ3v) is 1.68. The SMILES string of the molecule is Nc1ncc(-c2ccc(O)cc2)o1. The summed E-state index contributed by atoms with van der Waals surface area (Å²) < 4.78 is 5.09. The van der Waals surface area contributed by atoms with Crippen molar-refractivity contribution in [2.45, 2.75) is 0 Å². The number of aromatic nitrogens is 1. The van der Waals surface area contributed by atoms with Crippen molar-refractivity contribution in [3.63, 3.8) is 0 Å². The van der Waals surface area contributed by atoms with Crippen molar-refractivity contribution in [1.82, 2.24) is 4.98 Å². The van der Waals surface area contributed by atoms with Gasteiger partial charge in [0.15, 0.2) is 5.76 Å². The van der Waals surface area contributed by atoms with Gasteiger partial charge in [0.25, 0.3) is 6.01 Å². The van der Waals surface area contributed by atoms with Crippen LogP contribution in [-0.2, 0) is 0 Å². The molecular weight excluding hydrogens is 168 g/mol. The van der Waals surface area contributed by atoms with E-state index in [0.717, 1.165) is 5.56 Å². The molecule has 0 aliphatic rings. The lowest BCUT2D eigenvalue weighted by Crippen LogP contribution is -1.79. The average molecular weight is 176 g/mol. The highest BCUT2D eigenvalue weighted by Gasteiger charge is 2.02. The van der Waals surface area contributed by atoms with Crippen LogP contribution < -0.4 is 5.73 Å². The van der Waals surface area contributed by atoms with Crippen molar-refractivity contribution in [3.05, 3.63) is 30.5 Å². The predicted octanol–water partition coefficient (Wildman–Crippen LogP) is 1.63. The first-order valence-electron chi connectivity index (χ1n) is 3.76. The molecule has 1 aromatic carbocycles. The molecule has 1 aromatic heterocycles. The van der Waals surface area contributed by atoms with Crippen molar-refractivity contribution < 1.29 is 9.52 Å². The van der Waals surface area contributed by atoms with Gasteiger partial charge in [-0.1, -0.05) is 0 Å². The number of phenols is 1. The Morgan fingerprint density at radius 2 is 1.92 bits per heavy atom. The molecule has 0 amide bonds. The molecule has 0 radical (unpaired) electrons. The second-order valence-corrected chi connectivity index (χ2v) is 2.61. The van der Waals surface area contributed by atoms with E-state index in [0.29, 0.717) is 5.76 Å². The number of aromatic hydroxyl groups is 1. The molecule has 0 spiro atoms. The number of phenolic OH excluding ortho intramolecular Hbond substituents is 1. The quantitative estimate of drug-likeness (QED) is 0.692.